The van der Waals surface area contributed by atoms with Crippen LogP contribution in [0, 0.1) is 5.82 Å². The van der Waals surface area contributed by atoms with Gasteiger partial charge in [0.15, 0.2) is 16.7 Å². The fraction of sp³-hybridized carbons (Fsp3) is 0.320. The number of ether oxygens (including phenoxy) is 3. The molecular weight excluding hydrogens is 608 g/mol. The smallest absolute Gasteiger partial charge is 0.311 e. The summed E-state index contributed by atoms with van der Waals surface area (Å²) in [5.41, 5.74) is 0.460. The van der Waals surface area contributed by atoms with Gasteiger partial charge in [0.05, 0.1) is 36.8 Å². The van der Waals surface area contributed by atoms with E-state index in [9.17, 15) is 22.4 Å². The Kier molecular flexibility index (Phi) is 9.98. The van der Waals surface area contributed by atoms with Crippen LogP contribution in [0.5, 0.6) is 5.75 Å². The number of sulfonamides is 1. The van der Waals surface area contributed by atoms with Gasteiger partial charge in [-0.25, -0.2) is 17.8 Å². The molecule has 0 spiro atoms. The molecule has 1 N–H and O–H groups in total. The fourth-order valence-electron chi connectivity index (χ4n) is 3.74. The number of carbonyl (C=O) groups is 2. The first kappa shape index (κ1) is 30.2. The van der Waals surface area contributed by atoms with Crippen LogP contribution in [0.3, 0.4) is 0 Å². The lowest BCUT2D eigenvalue weighted by Crippen LogP contribution is -2.40. The third-order valence-corrected chi connectivity index (χ3v) is 9.06. The summed E-state index contributed by atoms with van der Waals surface area (Å²) >= 11 is 13.0. The number of esters is 1. The maximum absolute atomic E-state index is 14.6. The van der Waals surface area contributed by atoms with E-state index in [-0.39, 0.29) is 62.5 Å². The summed E-state index contributed by atoms with van der Waals surface area (Å²) in [4.78, 5) is 29.4. The van der Waals surface area contributed by atoms with Gasteiger partial charge in [-0.05, 0) is 37.3 Å². The summed E-state index contributed by atoms with van der Waals surface area (Å²) in [7, 11) is -3.78. The number of carbonyl (C=O) groups excluding carboxylic acids is 2. The van der Waals surface area contributed by atoms with Crippen LogP contribution < -0.4 is 10.1 Å². The van der Waals surface area contributed by atoms with Crippen molar-refractivity contribution in [3.8, 4) is 5.75 Å². The van der Waals surface area contributed by atoms with E-state index >= 15 is 0 Å². The van der Waals surface area contributed by atoms with E-state index in [2.05, 4.69) is 10.3 Å². The molecule has 4 rings (SSSR count). The zero-order valence-electron chi connectivity index (χ0n) is 21.1. The van der Waals surface area contributed by atoms with Gasteiger partial charge in [0.2, 0.25) is 16.1 Å². The van der Waals surface area contributed by atoms with Gasteiger partial charge in [-0.3, -0.25) is 14.9 Å². The molecule has 2 aromatic carbocycles. The molecule has 0 bridgehead atoms. The number of rotatable bonds is 10. The number of amides is 1. The van der Waals surface area contributed by atoms with Crippen LogP contribution in [0.4, 0.5) is 9.52 Å². The molecule has 2 heterocycles. The number of nitrogens with zero attached hydrogens (tertiary/aromatic N) is 2. The van der Waals surface area contributed by atoms with Crippen LogP contribution in [0.15, 0.2) is 47.4 Å². The number of hydrogen-bond donors (Lipinski definition) is 1. The molecule has 0 saturated carbocycles. The van der Waals surface area contributed by atoms with E-state index in [1.165, 1.54) is 40.7 Å². The highest BCUT2D eigenvalue weighted by atomic mass is 35.5. The van der Waals surface area contributed by atoms with Crippen molar-refractivity contribution in [2.75, 3.05) is 38.2 Å². The van der Waals surface area contributed by atoms with Gasteiger partial charge in [-0.15, -0.1) is 0 Å². The predicted octanol–water partition coefficient (Wildman–Crippen LogP) is 4.47. The number of aromatic nitrogens is 1. The first-order valence-corrected chi connectivity index (χ1v) is 15.0. The Hall–Kier alpha value is -2.81. The number of nitrogens with one attached hydrogen (secondary N) is 1. The maximum atomic E-state index is 14.6. The first-order chi connectivity index (χ1) is 19.1. The fourth-order valence-corrected chi connectivity index (χ4v) is 6.34. The molecule has 1 atom stereocenters. The van der Waals surface area contributed by atoms with Gasteiger partial charge < -0.3 is 14.2 Å². The molecule has 10 nitrogen and oxygen atoms in total. The summed E-state index contributed by atoms with van der Waals surface area (Å²) in [6, 6.07) is 9.21. The molecule has 1 saturated heterocycles. The highest BCUT2D eigenvalue weighted by Gasteiger charge is 2.29. The SMILES string of the molecule is CCOC(=O)Cc1nc(NC(=O)C(Oc2ccc(Cl)cc2F)c2ccc(S(=O)(=O)N3CCOCC3)cc2)sc1Cl. The van der Waals surface area contributed by atoms with Gasteiger partial charge in [-0.1, -0.05) is 46.7 Å². The van der Waals surface area contributed by atoms with Gasteiger partial charge in [-0.2, -0.15) is 4.31 Å². The zero-order chi connectivity index (χ0) is 28.9. The number of anilines is 1. The lowest BCUT2D eigenvalue weighted by molar-refractivity contribution is -0.142. The Bertz CT molecular complexity index is 1480. The van der Waals surface area contributed by atoms with Gasteiger partial charge in [0.1, 0.15) is 4.34 Å². The van der Waals surface area contributed by atoms with Crippen LogP contribution in [-0.4, -0.2) is 62.5 Å². The van der Waals surface area contributed by atoms with E-state index in [0.29, 0.717) is 13.2 Å². The third kappa shape index (κ3) is 7.28. The third-order valence-electron chi connectivity index (χ3n) is 5.66. The Morgan fingerprint density at radius 1 is 1.18 bits per heavy atom. The Labute approximate surface area is 244 Å². The maximum Gasteiger partial charge on any atom is 0.311 e. The van der Waals surface area contributed by atoms with Crippen molar-refractivity contribution < 1.29 is 36.6 Å². The second-order valence-corrected chi connectivity index (χ2v) is 12.3. The minimum absolute atomic E-state index is 0.0188. The zero-order valence-corrected chi connectivity index (χ0v) is 24.2. The van der Waals surface area contributed by atoms with Crippen molar-refractivity contribution in [3.63, 3.8) is 0 Å². The number of halogens is 3. The molecule has 214 valence electrons. The molecule has 40 heavy (non-hydrogen) atoms. The molecular formula is C25H24Cl2FN3O7S2. The summed E-state index contributed by atoms with van der Waals surface area (Å²) in [5, 5.41) is 2.78. The molecule has 1 aliphatic rings. The monoisotopic (exact) mass is 631 g/mol. The van der Waals surface area contributed by atoms with Crippen molar-refractivity contribution in [1.29, 1.82) is 0 Å². The number of thiazole rings is 1. The molecule has 3 aromatic rings. The normalized spacial score (nSPS) is 14.9. The van der Waals surface area contributed by atoms with Gasteiger partial charge in [0, 0.05) is 23.7 Å². The van der Waals surface area contributed by atoms with E-state index in [1.54, 1.807) is 6.92 Å². The van der Waals surface area contributed by atoms with E-state index in [0.717, 1.165) is 17.4 Å². The lowest BCUT2D eigenvalue weighted by Gasteiger charge is -2.26. The standard InChI is InChI=1S/C25H24Cl2FN3O7S2/c1-2-37-21(32)14-19-23(27)39-25(29-19)30-24(33)22(38-20-8-5-16(26)13-18(20)28)15-3-6-17(7-4-15)40(34,35)31-9-11-36-12-10-31/h3-8,13,22H,2,9-12,14H2,1H3,(H,29,30,33). The largest absolute Gasteiger partial charge is 0.473 e. The highest BCUT2D eigenvalue weighted by molar-refractivity contribution is 7.89. The second kappa shape index (κ2) is 13.2. The molecule has 15 heteroatoms. The quantitative estimate of drug-likeness (QED) is 0.325. The second-order valence-electron chi connectivity index (χ2n) is 8.37. The van der Waals surface area contributed by atoms with Crippen molar-refractivity contribution in [3.05, 3.63) is 68.9 Å². The number of hydrogen-bond acceptors (Lipinski definition) is 9. The Morgan fingerprint density at radius 2 is 1.88 bits per heavy atom. The van der Waals surface area contributed by atoms with Crippen molar-refractivity contribution >= 4 is 61.6 Å². The molecule has 1 aromatic heterocycles. The average Bonchev–Trinajstić information content (AvgIpc) is 3.26. The molecule has 1 aliphatic heterocycles. The van der Waals surface area contributed by atoms with Crippen molar-refractivity contribution in [1.82, 2.24) is 9.29 Å². The molecule has 0 aliphatic carbocycles. The molecule has 1 unspecified atom stereocenters. The molecule has 1 fully saturated rings. The van der Waals surface area contributed by atoms with Crippen LogP contribution in [0.1, 0.15) is 24.3 Å². The van der Waals surface area contributed by atoms with Crippen LogP contribution in [0.25, 0.3) is 0 Å². The van der Waals surface area contributed by atoms with E-state index < -0.39 is 33.8 Å². The average molecular weight is 633 g/mol. The van der Waals surface area contributed by atoms with Crippen LogP contribution in [-0.2, 0) is 35.5 Å². The minimum Gasteiger partial charge on any atom is -0.473 e. The first-order valence-electron chi connectivity index (χ1n) is 12.0. The summed E-state index contributed by atoms with van der Waals surface area (Å²) in [6.07, 6.45) is -1.61. The number of benzene rings is 2. The van der Waals surface area contributed by atoms with E-state index in [4.69, 9.17) is 37.4 Å². The minimum atomic E-state index is -3.78. The summed E-state index contributed by atoms with van der Waals surface area (Å²) in [5.74, 6) is -2.33. The van der Waals surface area contributed by atoms with Crippen molar-refractivity contribution in [2.45, 2.75) is 24.3 Å². The summed E-state index contributed by atoms with van der Waals surface area (Å²) < 4.78 is 58.0. The van der Waals surface area contributed by atoms with E-state index in [1.807, 2.05) is 0 Å². The van der Waals surface area contributed by atoms with Gasteiger partial charge in [0.25, 0.3) is 5.91 Å². The number of morpholine rings is 1. The molecule has 0 radical (unpaired) electrons. The Morgan fingerprint density at radius 3 is 2.52 bits per heavy atom. The van der Waals surface area contributed by atoms with Crippen LogP contribution in [0.2, 0.25) is 9.36 Å². The van der Waals surface area contributed by atoms with Gasteiger partial charge >= 0.3 is 5.97 Å². The predicted molar refractivity (Wildman–Crippen MR) is 147 cm³/mol. The van der Waals surface area contributed by atoms with Crippen LogP contribution >= 0.6 is 34.5 Å². The molecule has 1 amide bonds. The summed E-state index contributed by atoms with van der Waals surface area (Å²) in [6.45, 7) is 2.90. The highest BCUT2D eigenvalue weighted by Crippen LogP contribution is 2.32. The van der Waals surface area contributed by atoms with Crippen molar-refractivity contribution in [2.24, 2.45) is 0 Å². The topological polar surface area (TPSA) is 124 Å². The Balaban J connectivity index is 1.60. The lowest BCUT2D eigenvalue weighted by atomic mass is 10.1.